The number of aliphatic carboxylic acids is 3. The van der Waals surface area contributed by atoms with E-state index in [2.05, 4.69) is 0 Å². The number of hydrogen-bond donors (Lipinski definition) is 6. The summed E-state index contributed by atoms with van der Waals surface area (Å²) in [5, 5.41) is 27.4. The first-order chi connectivity index (χ1) is 18.3. The fourth-order valence-electron chi connectivity index (χ4n) is 2.96. The molecule has 9 N–H and O–H groups in total. The lowest BCUT2D eigenvalue weighted by molar-refractivity contribution is -0.139. The van der Waals surface area contributed by atoms with Crippen LogP contribution in [0.2, 0.25) is 15.1 Å². The van der Waals surface area contributed by atoms with Crippen molar-refractivity contribution in [2.75, 3.05) is 0 Å². The Morgan fingerprint density at radius 2 is 1.08 bits per heavy atom. The highest BCUT2D eigenvalue weighted by Crippen LogP contribution is 2.16. The van der Waals surface area contributed by atoms with Crippen LogP contribution >= 0.6 is 34.8 Å². The molecule has 0 fully saturated rings. The van der Waals surface area contributed by atoms with Crippen molar-refractivity contribution in [1.82, 2.24) is 0 Å². The smallest absolute Gasteiger partial charge is 0.320 e. The standard InChI is InChI=1S/3C9H10ClNO2/c10-7-3-1-6(2-4-7)5-8(11)9(12)13;10-7-3-1-2-6(4-7)5-8(11)9(12)13;10-7-4-2-1-3-6(7)5-8(11)9(12)13/h3*1-4,8H,5,11H2,(H,12,13)/t3*8-/m000/s1. The maximum Gasteiger partial charge on any atom is 0.320 e. The molecule has 210 valence electrons. The Hall–Kier alpha value is -3.18. The summed E-state index contributed by atoms with van der Waals surface area (Å²) in [5.41, 5.74) is 18.5. The van der Waals surface area contributed by atoms with Gasteiger partial charge in [-0.2, -0.15) is 0 Å². The fraction of sp³-hybridized carbons (Fsp3) is 0.222. The highest BCUT2D eigenvalue weighted by molar-refractivity contribution is 6.31. The predicted molar refractivity (Wildman–Crippen MR) is 152 cm³/mol. The molecule has 12 heteroatoms. The molecule has 0 aromatic heterocycles. The van der Waals surface area contributed by atoms with Gasteiger partial charge in [0, 0.05) is 15.1 Å². The number of nitrogens with two attached hydrogens (primary N) is 3. The first-order valence-electron chi connectivity index (χ1n) is 11.5. The second-order valence-electron chi connectivity index (χ2n) is 8.29. The summed E-state index contributed by atoms with van der Waals surface area (Å²) < 4.78 is 0. The van der Waals surface area contributed by atoms with Crippen LogP contribution in [0.15, 0.2) is 72.8 Å². The van der Waals surface area contributed by atoms with Crippen LogP contribution in [0.1, 0.15) is 16.7 Å². The summed E-state index contributed by atoms with van der Waals surface area (Å²) in [6.07, 6.45) is 0.886. The molecule has 0 spiro atoms. The molecule has 0 heterocycles. The van der Waals surface area contributed by atoms with E-state index in [0.717, 1.165) is 16.7 Å². The van der Waals surface area contributed by atoms with Gasteiger partial charge in [0.25, 0.3) is 0 Å². The van der Waals surface area contributed by atoms with E-state index in [4.69, 9.17) is 67.3 Å². The molecule has 0 saturated heterocycles. The molecule has 9 nitrogen and oxygen atoms in total. The molecule has 3 aromatic carbocycles. The topological polar surface area (TPSA) is 190 Å². The largest absolute Gasteiger partial charge is 0.480 e. The maximum absolute atomic E-state index is 10.4. The van der Waals surface area contributed by atoms with Gasteiger partial charge in [-0.25, -0.2) is 0 Å². The summed E-state index contributed by atoms with van der Waals surface area (Å²) in [7, 11) is 0. The molecular formula is C27H30Cl3N3O6. The van der Waals surface area contributed by atoms with Crippen LogP contribution in [-0.2, 0) is 33.6 Å². The van der Waals surface area contributed by atoms with E-state index in [-0.39, 0.29) is 6.42 Å². The third kappa shape index (κ3) is 14.0. The Labute approximate surface area is 241 Å². The molecule has 0 unspecified atom stereocenters. The van der Waals surface area contributed by atoms with Crippen LogP contribution < -0.4 is 17.2 Å². The van der Waals surface area contributed by atoms with E-state index in [1.165, 1.54) is 0 Å². The number of carboxylic acid groups (broad SMARTS) is 3. The highest BCUT2D eigenvalue weighted by atomic mass is 35.5. The van der Waals surface area contributed by atoms with Gasteiger partial charge in [-0.15, -0.1) is 0 Å². The molecule has 0 saturated carbocycles. The van der Waals surface area contributed by atoms with Crippen LogP contribution in [0.3, 0.4) is 0 Å². The number of carboxylic acids is 3. The second kappa shape index (κ2) is 17.4. The summed E-state index contributed by atoms with van der Waals surface area (Å²) in [5.74, 6) is -3.00. The van der Waals surface area contributed by atoms with E-state index >= 15 is 0 Å². The zero-order valence-electron chi connectivity index (χ0n) is 20.7. The average Bonchev–Trinajstić information content (AvgIpc) is 2.87. The van der Waals surface area contributed by atoms with Crippen LogP contribution in [0, 0.1) is 0 Å². The lowest BCUT2D eigenvalue weighted by Gasteiger charge is -2.07. The molecule has 3 atom stereocenters. The van der Waals surface area contributed by atoms with Crippen molar-refractivity contribution < 1.29 is 29.7 Å². The number of rotatable bonds is 9. The molecule has 0 aliphatic heterocycles. The van der Waals surface area contributed by atoms with Gasteiger partial charge in [0.15, 0.2) is 0 Å². The Morgan fingerprint density at radius 3 is 1.56 bits per heavy atom. The lowest BCUT2D eigenvalue weighted by Crippen LogP contribution is -2.32. The number of carbonyl (C=O) groups is 3. The van der Waals surface area contributed by atoms with Crippen LogP contribution in [-0.4, -0.2) is 51.4 Å². The monoisotopic (exact) mass is 597 g/mol. The van der Waals surface area contributed by atoms with Gasteiger partial charge in [0.2, 0.25) is 0 Å². The Bertz CT molecular complexity index is 1230. The molecule has 0 aliphatic rings. The number of hydrogen-bond acceptors (Lipinski definition) is 6. The Morgan fingerprint density at radius 1 is 0.590 bits per heavy atom. The second-order valence-corrected chi connectivity index (χ2v) is 9.57. The highest BCUT2D eigenvalue weighted by Gasteiger charge is 2.14. The molecular weight excluding hydrogens is 569 g/mol. The molecule has 3 aromatic rings. The minimum Gasteiger partial charge on any atom is -0.480 e. The lowest BCUT2D eigenvalue weighted by atomic mass is 10.1. The predicted octanol–water partition coefficient (Wildman–Crippen LogP) is 3.88. The van der Waals surface area contributed by atoms with E-state index in [1.54, 1.807) is 72.8 Å². The van der Waals surface area contributed by atoms with Gasteiger partial charge in [-0.05, 0) is 66.3 Å². The van der Waals surface area contributed by atoms with Crippen LogP contribution in [0.25, 0.3) is 0 Å². The summed E-state index contributed by atoms with van der Waals surface area (Å²) in [6, 6.07) is 18.5. The van der Waals surface area contributed by atoms with Crippen molar-refractivity contribution in [3.05, 3.63) is 105 Å². The fourth-order valence-corrected chi connectivity index (χ4v) is 3.51. The van der Waals surface area contributed by atoms with E-state index < -0.39 is 36.0 Å². The summed E-state index contributed by atoms with van der Waals surface area (Å²) >= 11 is 17.2. The third-order valence-electron chi connectivity index (χ3n) is 5.06. The van der Waals surface area contributed by atoms with Gasteiger partial charge in [0.1, 0.15) is 18.1 Å². The van der Waals surface area contributed by atoms with Crippen molar-refractivity contribution in [3.63, 3.8) is 0 Å². The number of benzene rings is 3. The van der Waals surface area contributed by atoms with Gasteiger partial charge >= 0.3 is 17.9 Å². The number of halogens is 3. The van der Waals surface area contributed by atoms with Crippen molar-refractivity contribution in [3.8, 4) is 0 Å². The van der Waals surface area contributed by atoms with Crippen molar-refractivity contribution in [1.29, 1.82) is 0 Å². The van der Waals surface area contributed by atoms with Gasteiger partial charge in [0.05, 0.1) is 0 Å². The Balaban J connectivity index is 0.000000292. The minimum atomic E-state index is -1.01. The van der Waals surface area contributed by atoms with Crippen LogP contribution in [0.5, 0.6) is 0 Å². The molecule has 0 bridgehead atoms. The molecule has 3 rings (SSSR count). The van der Waals surface area contributed by atoms with Crippen LogP contribution in [0.4, 0.5) is 0 Å². The quantitative estimate of drug-likeness (QED) is 0.212. The zero-order valence-corrected chi connectivity index (χ0v) is 23.0. The SMILES string of the molecule is N[C@@H](Cc1ccc(Cl)cc1)C(=O)O.N[C@@H](Cc1cccc(Cl)c1)C(=O)O.N[C@@H](Cc1ccccc1Cl)C(=O)O. The molecule has 0 aliphatic carbocycles. The van der Waals surface area contributed by atoms with Crippen molar-refractivity contribution >= 4 is 52.7 Å². The summed E-state index contributed by atoms with van der Waals surface area (Å²) in [4.78, 5) is 31.3. The average molecular weight is 599 g/mol. The first-order valence-corrected chi connectivity index (χ1v) is 12.6. The molecule has 0 radical (unpaired) electrons. The normalized spacial score (nSPS) is 12.5. The first kappa shape index (κ1) is 33.8. The van der Waals surface area contributed by atoms with Gasteiger partial charge < -0.3 is 32.5 Å². The molecule has 0 amide bonds. The third-order valence-corrected chi connectivity index (χ3v) is 5.92. The van der Waals surface area contributed by atoms with Crippen molar-refractivity contribution in [2.24, 2.45) is 17.2 Å². The zero-order chi connectivity index (χ0) is 29.5. The van der Waals surface area contributed by atoms with Crippen molar-refractivity contribution in [2.45, 2.75) is 37.4 Å². The molecule has 39 heavy (non-hydrogen) atoms. The van der Waals surface area contributed by atoms with E-state index in [1.807, 2.05) is 0 Å². The minimum absolute atomic E-state index is 0.259. The van der Waals surface area contributed by atoms with E-state index in [9.17, 15) is 14.4 Å². The summed E-state index contributed by atoms with van der Waals surface area (Å²) in [6.45, 7) is 0. The Kier molecular flexibility index (Phi) is 15.1. The maximum atomic E-state index is 10.4. The van der Waals surface area contributed by atoms with E-state index in [0.29, 0.717) is 27.9 Å². The van der Waals surface area contributed by atoms with Gasteiger partial charge in [-0.1, -0.05) is 77.3 Å². The van der Waals surface area contributed by atoms with Gasteiger partial charge in [-0.3, -0.25) is 14.4 Å².